The van der Waals surface area contributed by atoms with Crippen LogP contribution < -0.4 is 5.32 Å². The molecule has 1 fully saturated rings. The van der Waals surface area contributed by atoms with Gasteiger partial charge >= 0.3 is 0 Å². The Labute approximate surface area is 161 Å². The van der Waals surface area contributed by atoms with E-state index in [2.05, 4.69) is 29.2 Å². The molecule has 1 saturated heterocycles. The fourth-order valence-corrected chi connectivity index (χ4v) is 3.99. The van der Waals surface area contributed by atoms with Crippen LogP contribution in [0, 0.1) is 0 Å². The van der Waals surface area contributed by atoms with Crippen molar-refractivity contribution in [3.05, 3.63) is 35.9 Å². The van der Waals surface area contributed by atoms with Gasteiger partial charge in [0.15, 0.2) is 0 Å². The van der Waals surface area contributed by atoms with Gasteiger partial charge in [-0.05, 0) is 32.3 Å². The van der Waals surface area contributed by atoms with Crippen LogP contribution in [-0.2, 0) is 9.59 Å². The van der Waals surface area contributed by atoms with Crippen molar-refractivity contribution < 1.29 is 9.59 Å². The van der Waals surface area contributed by atoms with Crippen LogP contribution in [0.3, 0.4) is 0 Å². The molecule has 1 aromatic carbocycles. The lowest BCUT2D eigenvalue weighted by molar-refractivity contribution is -0.136. The second-order valence-electron chi connectivity index (χ2n) is 7.58. The number of hydrogen-bond acceptors (Lipinski definition) is 4. The lowest BCUT2D eigenvalue weighted by Crippen LogP contribution is -2.48. The smallest absolute Gasteiger partial charge is 0.243 e. The molecule has 2 aliphatic heterocycles. The third kappa shape index (κ3) is 5.16. The van der Waals surface area contributed by atoms with E-state index in [-0.39, 0.29) is 18.4 Å². The van der Waals surface area contributed by atoms with E-state index in [1.165, 1.54) is 24.3 Å². The van der Waals surface area contributed by atoms with Gasteiger partial charge in [0, 0.05) is 38.0 Å². The van der Waals surface area contributed by atoms with Crippen LogP contribution in [0.1, 0.15) is 51.5 Å². The fourth-order valence-electron chi connectivity index (χ4n) is 3.99. The van der Waals surface area contributed by atoms with Crippen molar-refractivity contribution in [2.24, 2.45) is 5.10 Å². The first kappa shape index (κ1) is 19.5. The molecule has 0 radical (unpaired) electrons. The molecule has 1 aromatic rings. The van der Waals surface area contributed by atoms with Crippen LogP contribution in [0.4, 0.5) is 0 Å². The first-order chi connectivity index (χ1) is 13.0. The molecule has 3 rings (SSSR count). The number of hydrazone groups is 1. The van der Waals surface area contributed by atoms with E-state index < -0.39 is 0 Å². The van der Waals surface area contributed by atoms with Gasteiger partial charge in [-0.25, -0.2) is 5.01 Å². The molecule has 0 aromatic heterocycles. The summed E-state index contributed by atoms with van der Waals surface area (Å²) >= 11 is 0. The second-order valence-corrected chi connectivity index (χ2v) is 7.58. The lowest BCUT2D eigenvalue weighted by Gasteiger charge is -2.39. The van der Waals surface area contributed by atoms with Crippen LogP contribution in [0.5, 0.6) is 0 Å². The average molecular weight is 370 g/mol. The molecule has 2 heterocycles. The Kier molecular flexibility index (Phi) is 6.61. The maximum atomic E-state index is 12.3. The molecule has 2 amide bonds. The monoisotopic (exact) mass is 370 g/mol. The third-order valence-electron chi connectivity index (χ3n) is 5.57. The number of nitrogens with zero attached hydrogens (tertiary/aromatic N) is 3. The van der Waals surface area contributed by atoms with Gasteiger partial charge in [-0.15, -0.1) is 0 Å². The van der Waals surface area contributed by atoms with Gasteiger partial charge in [-0.2, -0.15) is 5.10 Å². The highest BCUT2D eigenvalue weighted by molar-refractivity contribution is 6.04. The SMILES string of the molecule is C[C@@H]1CCC[C@H](C)N1CCNC(=O)CN1N=C(c2ccccc2)CCC1=O. The third-order valence-corrected chi connectivity index (χ3v) is 5.57. The molecule has 27 heavy (non-hydrogen) atoms. The Hall–Kier alpha value is -2.21. The van der Waals surface area contributed by atoms with E-state index in [9.17, 15) is 9.59 Å². The topological polar surface area (TPSA) is 65.0 Å². The second kappa shape index (κ2) is 9.13. The molecule has 6 nitrogen and oxygen atoms in total. The van der Waals surface area contributed by atoms with Crippen LogP contribution in [-0.4, -0.2) is 59.2 Å². The number of amides is 2. The first-order valence-corrected chi connectivity index (χ1v) is 10.0. The molecular weight excluding hydrogens is 340 g/mol. The number of nitrogens with one attached hydrogen (secondary N) is 1. The summed E-state index contributed by atoms with van der Waals surface area (Å²) in [6, 6.07) is 10.9. The standard InChI is InChI=1S/C21H30N4O2/c1-16-7-6-8-17(2)24(16)14-13-22-20(26)15-25-21(27)12-11-19(23-25)18-9-4-3-5-10-18/h3-5,9-10,16-17H,6-8,11-15H2,1-2H3,(H,22,26)/t16-,17+. The van der Waals surface area contributed by atoms with Gasteiger partial charge in [0.2, 0.25) is 11.8 Å². The summed E-state index contributed by atoms with van der Waals surface area (Å²) in [5.41, 5.74) is 1.86. The van der Waals surface area contributed by atoms with Crippen LogP contribution >= 0.6 is 0 Å². The molecule has 0 aliphatic carbocycles. The molecule has 1 N–H and O–H groups in total. The zero-order valence-electron chi connectivity index (χ0n) is 16.4. The molecule has 2 atom stereocenters. The van der Waals surface area contributed by atoms with Crippen molar-refractivity contribution in [3.8, 4) is 0 Å². The molecule has 0 saturated carbocycles. The summed E-state index contributed by atoms with van der Waals surface area (Å²) in [5, 5.41) is 8.69. The Morgan fingerprint density at radius 2 is 1.85 bits per heavy atom. The minimum atomic E-state index is -0.154. The van der Waals surface area contributed by atoms with Crippen LogP contribution in [0.25, 0.3) is 0 Å². The van der Waals surface area contributed by atoms with Crippen molar-refractivity contribution in [3.63, 3.8) is 0 Å². The molecular formula is C21H30N4O2. The highest BCUT2D eigenvalue weighted by Crippen LogP contribution is 2.21. The number of carbonyl (C=O) groups excluding carboxylic acids is 2. The van der Waals surface area contributed by atoms with Crippen LogP contribution in [0.2, 0.25) is 0 Å². The molecule has 2 aliphatic rings. The number of likely N-dealkylation sites (tertiary alicyclic amines) is 1. The van der Waals surface area contributed by atoms with E-state index >= 15 is 0 Å². The van der Waals surface area contributed by atoms with Crippen molar-refractivity contribution in [2.45, 2.75) is 58.0 Å². The number of rotatable bonds is 6. The molecule has 0 bridgehead atoms. The lowest BCUT2D eigenvalue weighted by atomic mass is 9.98. The van der Waals surface area contributed by atoms with E-state index in [4.69, 9.17) is 0 Å². The number of hydrogen-bond donors (Lipinski definition) is 1. The van der Waals surface area contributed by atoms with Crippen molar-refractivity contribution in [1.82, 2.24) is 15.2 Å². The van der Waals surface area contributed by atoms with E-state index in [0.717, 1.165) is 17.8 Å². The predicted octanol–water partition coefficient (Wildman–Crippen LogP) is 2.39. The quantitative estimate of drug-likeness (QED) is 0.836. The van der Waals surface area contributed by atoms with Gasteiger partial charge in [0.25, 0.3) is 0 Å². The fraction of sp³-hybridized carbons (Fsp3) is 0.571. The molecule has 0 spiro atoms. The number of benzene rings is 1. The first-order valence-electron chi connectivity index (χ1n) is 10.0. The van der Waals surface area contributed by atoms with Crippen molar-refractivity contribution >= 4 is 17.5 Å². The number of carbonyl (C=O) groups is 2. The Bertz CT molecular complexity index is 679. The molecule has 6 heteroatoms. The van der Waals surface area contributed by atoms with Crippen molar-refractivity contribution in [1.29, 1.82) is 0 Å². The summed E-state index contributed by atoms with van der Waals surface area (Å²) in [7, 11) is 0. The summed E-state index contributed by atoms with van der Waals surface area (Å²) in [6.07, 6.45) is 4.73. The number of piperidine rings is 1. The summed E-state index contributed by atoms with van der Waals surface area (Å²) in [5.74, 6) is -0.248. The zero-order chi connectivity index (χ0) is 19.2. The normalized spacial score (nSPS) is 23.9. The largest absolute Gasteiger partial charge is 0.353 e. The highest BCUT2D eigenvalue weighted by Gasteiger charge is 2.25. The zero-order valence-corrected chi connectivity index (χ0v) is 16.4. The van der Waals surface area contributed by atoms with Gasteiger partial charge in [0.1, 0.15) is 6.54 Å². The van der Waals surface area contributed by atoms with Crippen molar-refractivity contribution in [2.75, 3.05) is 19.6 Å². The van der Waals surface area contributed by atoms with Gasteiger partial charge in [-0.3, -0.25) is 14.5 Å². The van der Waals surface area contributed by atoms with Gasteiger partial charge in [-0.1, -0.05) is 36.8 Å². The van der Waals surface area contributed by atoms with Crippen LogP contribution in [0.15, 0.2) is 35.4 Å². The van der Waals surface area contributed by atoms with E-state index in [1.54, 1.807) is 0 Å². The Balaban J connectivity index is 1.51. The predicted molar refractivity (Wildman–Crippen MR) is 106 cm³/mol. The minimum absolute atomic E-state index is 0.0136. The Morgan fingerprint density at radius 3 is 2.56 bits per heavy atom. The van der Waals surface area contributed by atoms with E-state index in [1.807, 2.05) is 30.3 Å². The average Bonchev–Trinajstić information content (AvgIpc) is 2.66. The molecule has 146 valence electrons. The van der Waals surface area contributed by atoms with Gasteiger partial charge in [0.05, 0.1) is 5.71 Å². The summed E-state index contributed by atoms with van der Waals surface area (Å²) in [4.78, 5) is 26.9. The summed E-state index contributed by atoms with van der Waals surface area (Å²) in [6.45, 7) is 5.94. The minimum Gasteiger partial charge on any atom is -0.353 e. The maximum absolute atomic E-state index is 12.3. The van der Waals surface area contributed by atoms with E-state index in [0.29, 0.717) is 31.5 Å². The highest BCUT2D eigenvalue weighted by atomic mass is 16.2. The maximum Gasteiger partial charge on any atom is 0.243 e. The molecule has 0 unspecified atom stereocenters. The Morgan fingerprint density at radius 1 is 1.15 bits per heavy atom. The van der Waals surface area contributed by atoms with Gasteiger partial charge < -0.3 is 5.32 Å². The summed E-state index contributed by atoms with van der Waals surface area (Å²) < 4.78 is 0.